The Labute approximate surface area is 149 Å². The van der Waals surface area contributed by atoms with Crippen LogP contribution in [0.2, 0.25) is 0 Å². The molecule has 25 heavy (non-hydrogen) atoms. The minimum Gasteiger partial charge on any atom is -0.478 e. The molecule has 0 radical (unpaired) electrons. The molecule has 1 aromatic carbocycles. The fourth-order valence-electron chi connectivity index (χ4n) is 2.18. The second-order valence-corrected chi connectivity index (χ2v) is 6.88. The maximum atomic E-state index is 12.0. The quantitative estimate of drug-likeness (QED) is 0.721. The van der Waals surface area contributed by atoms with Crippen LogP contribution in [0.1, 0.15) is 50.0 Å². The molecule has 0 aromatic heterocycles. The summed E-state index contributed by atoms with van der Waals surface area (Å²) in [5.74, 6) is -0.939. The van der Waals surface area contributed by atoms with Gasteiger partial charge in [0.05, 0.1) is 11.6 Å². The third-order valence-corrected chi connectivity index (χ3v) is 3.50. The lowest BCUT2D eigenvalue weighted by Gasteiger charge is -2.23. The van der Waals surface area contributed by atoms with Crippen molar-refractivity contribution in [3.8, 4) is 0 Å². The lowest BCUT2D eigenvalue weighted by Crippen LogP contribution is -2.39. The highest BCUT2D eigenvalue weighted by atomic mass is 16.6. The molecular formula is C20H27NO4. The number of alkyl carbamates (subject to hydrolysis) is 1. The van der Waals surface area contributed by atoms with Crippen LogP contribution in [0.5, 0.6) is 0 Å². The lowest BCUT2D eigenvalue weighted by molar-refractivity contribution is 0.0511. The fourth-order valence-corrected chi connectivity index (χ4v) is 2.18. The molecule has 0 saturated heterocycles. The van der Waals surface area contributed by atoms with E-state index in [4.69, 9.17) is 9.84 Å². The van der Waals surface area contributed by atoms with Crippen molar-refractivity contribution in [2.45, 2.75) is 52.2 Å². The number of rotatable bonds is 7. The van der Waals surface area contributed by atoms with Crippen LogP contribution in [-0.2, 0) is 11.2 Å². The van der Waals surface area contributed by atoms with Gasteiger partial charge in [-0.25, -0.2) is 9.59 Å². The smallest absolute Gasteiger partial charge is 0.408 e. The van der Waals surface area contributed by atoms with Gasteiger partial charge in [0.1, 0.15) is 5.60 Å². The van der Waals surface area contributed by atoms with E-state index in [2.05, 4.69) is 11.9 Å². The van der Waals surface area contributed by atoms with Crippen LogP contribution in [-0.4, -0.2) is 28.8 Å². The van der Waals surface area contributed by atoms with Crippen molar-refractivity contribution in [2.75, 3.05) is 0 Å². The predicted molar refractivity (Wildman–Crippen MR) is 98.8 cm³/mol. The first kappa shape index (κ1) is 20.5. The van der Waals surface area contributed by atoms with Crippen LogP contribution in [0.3, 0.4) is 0 Å². The van der Waals surface area contributed by atoms with Crippen molar-refractivity contribution in [3.63, 3.8) is 0 Å². The van der Waals surface area contributed by atoms with E-state index in [0.29, 0.717) is 12.8 Å². The molecule has 136 valence electrons. The van der Waals surface area contributed by atoms with E-state index >= 15 is 0 Å². The van der Waals surface area contributed by atoms with Crippen molar-refractivity contribution in [2.24, 2.45) is 0 Å². The second kappa shape index (κ2) is 9.06. The first-order chi connectivity index (χ1) is 11.6. The molecule has 5 heteroatoms. The summed E-state index contributed by atoms with van der Waals surface area (Å²) in [6, 6.07) is 6.56. The normalized spacial score (nSPS) is 13.0. The topological polar surface area (TPSA) is 75.6 Å². The van der Waals surface area contributed by atoms with Gasteiger partial charge in [0.15, 0.2) is 0 Å². The van der Waals surface area contributed by atoms with Crippen LogP contribution in [0.4, 0.5) is 4.79 Å². The van der Waals surface area contributed by atoms with Gasteiger partial charge in [-0.15, -0.1) is 6.58 Å². The number of aromatic carboxylic acids is 1. The summed E-state index contributed by atoms with van der Waals surface area (Å²) in [5, 5.41) is 11.8. The molecule has 0 aliphatic carbocycles. The van der Waals surface area contributed by atoms with E-state index in [1.54, 1.807) is 30.3 Å². The molecule has 0 fully saturated rings. The lowest BCUT2D eigenvalue weighted by atomic mass is 10.0. The monoisotopic (exact) mass is 345 g/mol. The molecule has 5 nitrogen and oxygen atoms in total. The first-order valence-electron chi connectivity index (χ1n) is 8.21. The van der Waals surface area contributed by atoms with Crippen molar-refractivity contribution >= 4 is 12.1 Å². The average Bonchev–Trinajstić information content (AvgIpc) is 2.50. The number of nitrogens with one attached hydrogen (secondary N) is 1. The summed E-state index contributed by atoms with van der Waals surface area (Å²) >= 11 is 0. The summed E-state index contributed by atoms with van der Waals surface area (Å²) in [4.78, 5) is 22.8. The van der Waals surface area contributed by atoms with Crippen LogP contribution in [0.15, 0.2) is 48.6 Å². The van der Waals surface area contributed by atoms with Gasteiger partial charge in [-0.05, 0) is 58.2 Å². The van der Waals surface area contributed by atoms with Gasteiger partial charge >= 0.3 is 12.1 Å². The van der Waals surface area contributed by atoms with E-state index < -0.39 is 17.7 Å². The number of amides is 1. The van der Waals surface area contributed by atoms with Crippen LogP contribution in [0, 0.1) is 0 Å². The molecule has 0 bridgehead atoms. The standard InChI is InChI=1S/C20H27NO4/c1-6-7-17(21-19(24)25-20(3,4)5)14(2)8-9-15-10-12-16(13-11-15)18(22)23/h6,8,10-13,17H,1,7,9H2,2-5H3,(H,21,24)(H,22,23)/t17-/m0/s1. The van der Waals surface area contributed by atoms with E-state index in [0.717, 1.165) is 11.1 Å². The number of hydrogen-bond acceptors (Lipinski definition) is 3. The highest BCUT2D eigenvalue weighted by molar-refractivity contribution is 5.87. The van der Waals surface area contributed by atoms with Gasteiger partial charge in [-0.1, -0.05) is 29.9 Å². The Morgan fingerprint density at radius 3 is 2.36 bits per heavy atom. The van der Waals surface area contributed by atoms with Crippen LogP contribution >= 0.6 is 0 Å². The third kappa shape index (κ3) is 7.70. The minimum atomic E-state index is -0.939. The zero-order valence-corrected chi connectivity index (χ0v) is 15.3. The number of hydrogen-bond donors (Lipinski definition) is 2. The molecule has 1 amide bonds. The number of carbonyl (C=O) groups is 2. The third-order valence-electron chi connectivity index (χ3n) is 3.50. The molecule has 0 spiro atoms. The van der Waals surface area contributed by atoms with Crippen molar-refractivity contribution in [1.29, 1.82) is 0 Å². The molecule has 1 aromatic rings. The number of carboxylic acid groups (broad SMARTS) is 1. The molecule has 0 saturated carbocycles. The summed E-state index contributed by atoms with van der Waals surface area (Å²) in [7, 11) is 0. The highest BCUT2D eigenvalue weighted by Crippen LogP contribution is 2.13. The Kier molecular flexibility index (Phi) is 7.43. The van der Waals surface area contributed by atoms with E-state index in [9.17, 15) is 9.59 Å². The molecule has 0 aliphatic rings. The molecule has 0 unspecified atom stereocenters. The SMILES string of the molecule is C=CC[C@H](NC(=O)OC(C)(C)C)C(C)=CCc1ccc(C(=O)O)cc1. The summed E-state index contributed by atoms with van der Waals surface area (Å²) in [6.07, 6.45) is 4.55. The van der Waals surface area contributed by atoms with Gasteiger partial charge in [-0.3, -0.25) is 0 Å². The fraction of sp³-hybridized carbons (Fsp3) is 0.400. The Hall–Kier alpha value is -2.56. The van der Waals surface area contributed by atoms with Gasteiger partial charge in [0, 0.05) is 0 Å². The summed E-state index contributed by atoms with van der Waals surface area (Å²) in [6.45, 7) is 11.1. The summed E-state index contributed by atoms with van der Waals surface area (Å²) in [5.41, 5.74) is 1.71. The largest absolute Gasteiger partial charge is 0.478 e. The molecule has 1 rings (SSSR count). The minimum absolute atomic E-state index is 0.189. The summed E-state index contributed by atoms with van der Waals surface area (Å²) < 4.78 is 5.30. The van der Waals surface area contributed by atoms with E-state index in [-0.39, 0.29) is 11.6 Å². The maximum Gasteiger partial charge on any atom is 0.408 e. The zero-order chi connectivity index (χ0) is 19.0. The van der Waals surface area contributed by atoms with Crippen molar-refractivity contribution in [1.82, 2.24) is 5.32 Å². The molecule has 0 heterocycles. The highest BCUT2D eigenvalue weighted by Gasteiger charge is 2.19. The van der Waals surface area contributed by atoms with Crippen molar-refractivity contribution in [3.05, 3.63) is 59.7 Å². The van der Waals surface area contributed by atoms with E-state index in [1.165, 1.54) is 0 Å². The number of carbonyl (C=O) groups excluding carboxylic acids is 1. The maximum absolute atomic E-state index is 12.0. The van der Waals surface area contributed by atoms with Gasteiger partial charge in [0.2, 0.25) is 0 Å². The van der Waals surface area contributed by atoms with Crippen LogP contribution in [0.25, 0.3) is 0 Å². The molecule has 1 atom stereocenters. The zero-order valence-electron chi connectivity index (χ0n) is 15.3. The first-order valence-corrected chi connectivity index (χ1v) is 8.21. The number of allylic oxidation sites excluding steroid dienone is 1. The Morgan fingerprint density at radius 2 is 1.88 bits per heavy atom. The Bertz CT molecular complexity index is 639. The number of benzene rings is 1. The number of carboxylic acids is 1. The molecule has 2 N–H and O–H groups in total. The number of ether oxygens (including phenoxy) is 1. The van der Waals surface area contributed by atoms with E-state index in [1.807, 2.05) is 33.8 Å². The predicted octanol–water partition coefficient (Wildman–Crippen LogP) is 4.34. The Balaban J connectivity index is 2.75. The van der Waals surface area contributed by atoms with Gasteiger partial charge in [0.25, 0.3) is 0 Å². The molecule has 0 aliphatic heterocycles. The molecular weight excluding hydrogens is 318 g/mol. The van der Waals surface area contributed by atoms with Gasteiger partial charge < -0.3 is 15.2 Å². The Morgan fingerprint density at radius 1 is 1.28 bits per heavy atom. The van der Waals surface area contributed by atoms with Gasteiger partial charge in [-0.2, -0.15) is 0 Å². The van der Waals surface area contributed by atoms with Crippen molar-refractivity contribution < 1.29 is 19.4 Å². The second-order valence-electron chi connectivity index (χ2n) is 6.88. The van der Waals surface area contributed by atoms with Crippen LogP contribution < -0.4 is 5.32 Å². The average molecular weight is 345 g/mol.